The molecule has 1 rings (SSSR count). The Labute approximate surface area is 132 Å². The standard InChI is InChI=1S/C13H23N2O5PS/c1-6-19-21(18,22(14)9(2)3)20-13-11(5)7-10(4)8-12(13)15(16)17/h7-9,18H,6,14H2,1-5H3. The molecule has 0 radical (unpaired) electrons. The highest BCUT2D eigenvalue weighted by atomic mass is 32.5. The van der Waals surface area contributed by atoms with Gasteiger partial charge in [-0.1, -0.05) is 19.9 Å². The van der Waals surface area contributed by atoms with Crippen LogP contribution in [0.25, 0.3) is 0 Å². The van der Waals surface area contributed by atoms with Crippen LogP contribution in [0.2, 0.25) is 0 Å². The summed E-state index contributed by atoms with van der Waals surface area (Å²) in [5.41, 5.74) is 1.10. The highest BCUT2D eigenvalue weighted by molar-refractivity contribution is 8.27. The van der Waals surface area contributed by atoms with E-state index in [-0.39, 0.29) is 23.3 Å². The van der Waals surface area contributed by atoms with E-state index < -0.39 is 21.9 Å². The van der Waals surface area contributed by atoms with Crippen LogP contribution in [0.3, 0.4) is 0 Å². The summed E-state index contributed by atoms with van der Waals surface area (Å²) in [4.78, 5) is 21.5. The molecular weight excluding hydrogens is 327 g/mol. The first-order valence-corrected chi connectivity index (χ1v) is 10.4. The first-order valence-electron chi connectivity index (χ1n) is 6.82. The van der Waals surface area contributed by atoms with Crippen LogP contribution in [-0.4, -0.2) is 21.7 Å². The van der Waals surface area contributed by atoms with E-state index in [2.05, 4.69) is 0 Å². The molecule has 0 saturated carbocycles. The van der Waals surface area contributed by atoms with Gasteiger partial charge in [0.1, 0.15) is 0 Å². The second-order valence-electron chi connectivity index (χ2n) is 5.06. The maximum Gasteiger partial charge on any atom is 0.349 e. The highest BCUT2D eigenvalue weighted by Crippen LogP contribution is 2.52. The minimum atomic E-state index is -3.45. The molecule has 0 aliphatic heterocycles. The van der Waals surface area contributed by atoms with Crippen molar-refractivity contribution in [2.75, 3.05) is 6.61 Å². The third-order valence-corrected chi connectivity index (χ3v) is 8.74. The lowest BCUT2D eigenvalue weighted by Crippen LogP contribution is -2.20. The van der Waals surface area contributed by atoms with Crippen molar-refractivity contribution in [1.82, 2.24) is 0 Å². The Morgan fingerprint density at radius 2 is 2.05 bits per heavy atom. The summed E-state index contributed by atoms with van der Waals surface area (Å²) in [6.07, 6.45) is 0. The van der Waals surface area contributed by atoms with Gasteiger partial charge in [0, 0.05) is 11.3 Å². The quantitative estimate of drug-likeness (QED) is 0.463. The van der Waals surface area contributed by atoms with Gasteiger partial charge in [-0.05, 0) is 42.2 Å². The Morgan fingerprint density at radius 1 is 1.45 bits per heavy atom. The molecule has 0 spiro atoms. The van der Waals surface area contributed by atoms with E-state index in [4.69, 9.17) is 14.2 Å². The van der Waals surface area contributed by atoms with Crippen molar-refractivity contribution in [2.24, 2.45) is 5.14 Å². The molecule has 3 N–H and O–H groups in total. The Bertz CT molecular complexity index is 633. The summed E-state index contributed by atoms with van der Waals surface area (Å²) in [7, 11) is -1.06. The third kappa shape index (κ3) is 4.30. The summed E-state index contributed by atoms with van der Waals surface area (Å²) in [5.74, 6) is 0.0171. The van der Waals surface area contributed by atoms with Crippen LogP contribution >= 0.6 is 6.72 Å². The molecule has 0 aliphatic carbocycles. The van der Waals surface area contributed by atoms with Gasteiger partial charge in [-0.25, -0.2) is 0 Å². The van der Waals surface area contributed by atoms with Crippen molar-refractivity contribution in [3.63, 3.8) is 0 Å². The van der Waals surface area contributed by atoms with Gasteiger partial charge in [0.2, 0.25) is 5.75 Å². The van der Waals surface area contributed by atoms with Gasteiger partial charge in [-0.15, -0.1) is 0 Å². The van der Waals surface area contributed by atoms with Gasteiger partial charge in [0.25, 0.3) is 0 Å². The number of nitrogens with two attached hydrogens (primary N) is 1. The molecule has 0 aliphatic rings. The average molecular weight is 350 g/mol. The number of nitro benzene ring substituents is 1. The van der Waals surface area contributed by atoms with Crippen LogP contribution in [0.4, 0.5) is 5.69 Å². The molecule has 22 heavy (non-hydrogen) atoms. The number of aryl methyl sites for hydroxylation is 2. The normalized spacial score (nSPS) is 15.5. The smallest absolute Gasteiger partial charge is 0.349 e. The van der Waals surface area contributed by atoms with E-state index in [0.29, 0.717) is 5.56 Å². The Hall–Kier alpha value is -0.920. The molecule has 2 atom stereocenters. The van der Waals surface area contributed by atoms with Gasteiger partial charge in [-0.3, -0.25) is 15.3 Å². The summed E-state index contributed by atoms with van der Waals surface area (Å²) < 4.78 is 11.0. The minimum absolute atomic E-state index is 0.0171. The maximum atomic E-state index is 11.3. The molecule has 0 aromatic heterocycles. The minimum Gasteiger partial charge on any atom is -0.419 e. The molecule has 9 heteroatoms. The molecule has 1 aromatic rings. The number of nitrogens with zero attached hydrogens (tertiary/aromatic N) is 1. The maximum absolute atomic E-state index is 11.3. The fraction of sp³-hybridized carbons (Fsp3) is 0.538. The number of rotatable bonds is 6. The molecular formula is C13H23N2O5PS. The van der Waals surface area contributed by atoms with E-state index >= 15 is 0 Å². The van der Waals surface area contributed by atoms with Gasteiger partial charge in [0.05, 0.1) is 11.5 Å². The van der Waals surface area contributed by atoms with Crippen LogP contribution in [0.1, 0.15) is 31.9 Å². The SMILES string of the molecule is CCOP(O)(Oc1c(C)cc(C)cc1[N+](=O)[O-])=S(N)C(C)C. The summed E-state index contributed by atoms with van der Waals surface area (Å²) in [6.45, 7) is 5.60. The molecule has 1 aromatic carbocycles. The van der Waals surface area contributed by atoms with Crippen molar-refractivity contribution in [1.29, 1.82) is 0 Å². The molecule has 0 amide bonds. The van der Waals surface area contributed by atoms with Crippen molar-refractivity contribution in [3.8, 4) is 5.75 Å². The molecule has 0 bridgehead atoms. The molecule has 126 valence electrons. The summed E-state index contributed by atoms with van der Waals surface area (Å²) in [5, 5.41) is 17.2. The van der Waals surface area contributed by atoms with E-state index in [1.54, 1.807) is 26.8 Å². The van der Waals surface area contributed by atoms with Gasteiger partial charge in [0.15, 0.2) is 0 Å². The summed E-state index contributed by atoms with van der Waals surface area (Å²) >= 11 is 0. The number of hydrogen-bond acceptors (Lipinski definition) is 4. The lowest BCUT2D eigenvalue weighted by Gasteiger charge is -2.25. The van der Waals surface area contributed by atoms with E-state index in [1.165, 1.54) is 6.07 Å². The highest BCUT2D eigenvalue weighted by Gasteiger charge is 2.29. The lowest BCUT2D eigenvalue weighted by atomic mass is 10.1. The number of benzene rings is 1. The predicted octanol–water partition coefficient (Wildman–Crippen LogP) is 3.20. The lowest BCUT2D eigenvalue weighted by molar-refractivity contribution is -0.385. The van der Waals surface area contributed by atoms with Crippen LogP contribution in [0.15, 0.2) is 12.1 Å². The van der Waals surface area contributed by atoms with Crippen molar-refractivity contribution >= 4 is 22.7 Å². The van der Waals surface area contributed by atoms with Crippen molar-refractivity contribution < 1.29 is 18.9 Å². The molecule has 0 saturated heterocycles. The van der Waals surface area contributed by atoms with Crippen molar-refractivity contribution in [3.05, 3.63) is 33.4 Å². The molecule has 0 heterocycles. The van der Waals surface area contributed by atoms with Gasteiger partial charge < -0.3 is 13.9 Å². The van der Waals surface area contributed by atoms with E-state index in [9.17, 15) is 15.0 Å². The van der Waals surface area contributed by atoms with E-state index in [0.717, 1.165) is 5.56 Å². The fourth-order valence-corrected chi connectivity index (χ4v) is 6.21. The summed E-state index contributed by atoms with van der Waals surface area (Å²) in [6, 6.07) is 3.16. The number of hydrogen-bond donors (Lipinski definition) is 2. The topological polar surface area (TPSA) is 108 Å². The Balaban J connectivity index is 3.50. The largest absolute Gasteiger partial charge is 0.419 e. The first-order chi connectivity index (χ1) is 10.1. The second kappa shape index (κ2) is 7.57. The molecule has 7 nitrogen and oxygen atoms in total. The number of nitro groups is 1. The monoisotopic (exact) mass is 350 g/mol. The third-order valence-electron chi connectivity index (χ3n) is 2.84. The van der Waals surface area contributed by atoms with Crippen LogP contribution in [-0.2, 0) is 14.8 Å². The molecule has 2 unspecified atom stereocenters. The first kappa shape index (κ1) is 19.1. The van der Waals surface area contributed by atoms with E-state index in [1.807, 2.05) is 13.8 Å². The van der Waals surface area contributed by atoms with Crippen molar-refractivity contribution in [2.45, 2.75) is 39.9 Å². The van der Waals surface area contributed by atoms with Crippen LogP contribution in [0, 0.1) is 24.0 Å². The van der Waals surface area contributed by atoms with Gasteiger partial charge in [-0.2, -0.15) is 0 Å². The Kier molecular flexibility index (Phi) is 6.58. The average Bonchev–Trinajstić information content (AvgIpc) is 2.40. The molecule has 0 fully saturated rings. The zero-order valence-corrected chi connectivity index (χ0v) is 15.1. The Morgan fingerprint density at radius 3 is 2.50 bits per heavy atom. The second-order valence-corrected chi connectivity index (χ2v) is 10.7. The predicted molar refractivity (Wildman–Crippen MR) is 90.7 cm³/mol. The zero-order chi connectivity index (χ0) is 17.1. The zero-order valence-electron chi connectivity index (χ0n) is 13.4. The van der Waals surface area contributed by atoms with Gasteiger partial charge >= 0.3 is 12.4 Å². The fourth-order valence-electron chi connectivity index (χ4n) is 1.86. The van der Waals surface area contributed by atoms with Crippen LogP contribution in [0.5, 0.6) is 5.75 Å². The van der Waals surface area contributed by atoms with Crippen LogP contribution < -0.4 is 9.66 Å².